The third kappa shape index (κ3) is 3.89. The summed E-state index contributed by atoms with van der Waals surface area (Å²) in [5.74, 6) is 0.800. The van der Waals surface area contributed by atoms with Crippen molar-refractivity contribution in [1.82, 2.24) is 14.9 Å². The van der Waals surface area contributed by atoms with Crippen LogP contribution in [0.1, 0.15) is 11.3 Å². The van der Waals surface area contributed by atoms with Crippen molar-refractivity contribution in [3.8, 4) is 5.75 Å². The Labute approximate surface area is 141 Å². The van der Waals surface area contributed by atoms with Crippen LogP contribution in [0.5, 0.6) is 5.75 Å². The summed E-state index contributed by atoms with van der Waals surface area (Å²) in [6.45, 7) is 0.923. The Hall–Kier alpha value is -2.47. The molecule has 1 aliphatic rings. The van der Waals surface area contributed by atoms with Crippen LogP contribution in [0.2, 0.25) is 0 Å². The van der Waals surface area contributed by atoms with Crippen LogP contribution in [0.4, 0.5) is 0 Å². The zero-order chi connectivity index (χ0) is 16.9. The molecular weight excluding hydrogens is 306 g/mol. The number of amides is 1. The molecule has 1 saturated heterocycles. The fraction of sp³-hybridized carbons (Fsp3) is 0.389. The van der Waals surface area contributed by atoms with E-state index >= 15 is 0 Å². The van der Waals surface area contributed by atoms with Crippen LogP contribution in [0, 0.1) is 5.92 Å². The maximum absolute atomic E-state index is 12.5. The number of ether oxygens (including phenoxy) is 1. The van der Waals surface area contributed by atoms with Gasteiger partial charge in [-0.25, -0.2) is 0 Å². The van der Waals surface area contributed by atoms with E-state index in [1.54, 1.807) is 30.6 Å². The van der Waals surface area contributed by atoms with Crippen LogP contribution < -0.4 is 4.74 Å². The molecule has 2 atom stereocenters. The summed E-state index contributed by atoms with van der Waals surface area (Å²) in [4.78, 5) is 22.5. The van der Waals surface area contributed by atoms with Crippen LogP contribution >= 0.6 is 0 Å². The van der Waals surface area contributed by atoms with E-state index < -0.39 is 6.10 Å². The highest BCUT2D eigenvalue weighted by atomic mass is 16.5. The van der Waals surface area contributed by atoms with Crippen LogP contribution in [-0.4, -0.2) is 52.2 Å². The van der Waals surface area contributed by atoms with Gasteiger partial charge in [0.2, 0.25) is 5.91 Å². The van der Waals surface area contributed by atoms with Gasteiger partial charge in [0.1, 0.15) is 5.75 Å². The summed E-state index contributed by atoms with van der Waals surface area (Å²) in [5, 5.41) is 10.2. The number of hydrogen-bond acceptors (Lipinski definition) is 5. The van der Waals surface area contributed by atoms with Crippen molar-refractivity contribution < 1.29 is 14.6 Å². The van der Waals surface area contributed by atoms with Gasteiger partial charge in [0.15, 0.2) is 0 Å². The van der Waals surface area contributed by atoms with Gasteiger partial charge in [-0.3, -0.25) is 14.8 Å². The van der Waals surface area contributed by atoms with Crippen LogP contribution in [-0.2, 0) is 17.6 Å². The number of aliphatic hydroxyl groups excluding tert-OH is 1. The monoisotopic (exact) mass is 327 g/mol. The summed E-state index contributed by atoms with van der Waals surface area (Å²) in [5.41, 5.74) is 1.78. The topological polar surface area (TPSA) is 75.5 Å². The summed E-state index contributed by atoms with van der Waals surface area (Å²) >= 11 is 0. The third-order valence-electron chi connectivity index (χ3n) is 4.36. The molecule has 1 aromatic carbocycles. The molecule has 1 aromatic heterocycles. The van der Waals surface area contributed by atoms with Gasteiger partial charge in [-0.2, -0.15) is 0 Å². The lowest BCUT2D eigenvalue weighted by Gasteiger charge is -2.16. The van der Waals surface area contributed by atoms with Gasteiger partial charge < -0.3 is 14.7 Å². The largest absolute Gasteiger partial charge is 0.497 e. The molecule has 2 aromatic rings. The molecule has 1 amide bonds. The molecule has 0 unspecified atom stereocenters. The second kappa shape index (κ2) is 7.40. The molecule has 6 nitrogen and oxygen atoms in total. The summed E-state index contributed by atoms with van der Waals surface area (Å²) < 4.78 is 5.12. The maximum atomic E-state index is 12.5. The Bertz CT molecular complexity index is 676. The second-order valence-corrected chi connectivity index (χ2v) is 6.05. The SMILES string of the molecule is COc1ccc(CC(=O)N2C[C@@H](Cc3cnccn3)[C@H](O)C2)cc1. The van der Waals surface area contributed by atoms with E-state index in [1.165, 1.54) is 0 Å². The normalized spacial score (nSPS) is 20.2. The zero-order valence-electron chi connectivity index (χ0n) is 13.6. The fourth-order valence-corrected chi connectivity index (χ4v) is 2.99. The van der Waals surface area contributed by atoms with Gasteiger partial charge in [-0.05, 0) is 24.1 Å². The van der Waals surface area contributed by atoms with Crippen molar-refractivity contribution in [2.75, 3.05) is 20.2 Å². The molecule has 0 saturated carbocycles. The lowest BCUT2D eigenvalue weighted by molar-refractivity contribution is -0.129. The van der Waals surface area contributed by atoms with Crippen LogP contribution in [0.3, 0.4) is 0 Å². The number of nitrogens with zero attached hydrogens (tertiary/aromatic N) is 3. The van der Waals surface area contributed by atoms with E-state index in [-0.39, 0.29) is 11.8 Å². The molecule has 1 N–H and O–H groups in total. The van der Waals surface area contributed by atoms with Crippen molar-refractivity contribution in [2.24, 2.45) is 5.92 Å². The van der Waals surface area contributed by atoms with Crippen LogP contribution in [0.25, 0.3) is 0 Å². The van der Waals surface area contributed by atoms with Gasteiger partial charge in [0, 0.05) is 37.6 Å². The number of carbonyl (C=O) groups is 1. The molecule has 0 aliphatic carbocycles. The average Bonchev–Trinajstić information content (AvgIpc) is 2.97. The fourth-order valence-electron chi connectivity index (χ4n) is 2.99. The predicted molar refractivity (Wildman–Crippen MR) is 88.5 cm³/mol. The Morgan fingerprint density at radius 2 is 2.08 bits per heavy atom. The Balaban J connectivity index is 1.58. The first kappa shape index (κ1) is 16.4. The van der Waals surface area contributed by atoms with E-state index in [0.717, 1.165) is 17.0 Å². The zero-order valence-corrected chi connectivity index (χ0v) is 13.6. The van der Waals surface area contributed by atoms with Crippen molar-refractivity contribution in [3.63, 3.8) is 0 Å². The van der Waals surface area contributed by atoms with Crippen molar-refractivity contribution >= 4 is 5.91 Å². The summed E-state index contributed by atoms with van der Waals surface area (Å²) in [6, 6.07) is 7.47. The van der Waals surface area contributed by atoms with E-state index in [9.17, 15) is 9.90 Å². The van der Waals surface area contributed by atoms with E-state index in [0.29, 0.717) is 25.9 Å². The standard InChI is InChI=1S/C18H21N3O3/c1-24-16-4-2-13(3-5-16)8-18(23)21-11-14(17(22)12-21)9-15-10-19-6-7-20-15/h2-7,10,14,17,22H,8-9,11-12H2,1H3/t14-,17-/m1/s1. The van der Waals surface area contributed by atoms with Gasteiger partial charge in [-0.15, -0.1) is 0 Å². The Morgan fingerprint density at radius 1 is 1.29 bits per heavy atom. The predicted octanol–water partition coefficient (Wildman–Crippen LogP) is 1.09. The number of aromatic nitrogens is 2. The number of β-amino-alcohol motifs (C(OH)–C–C–N with tert-alkyl or cyclic N) is 1. The summed E-state index contributed by atoms with van der Waals surface area (Å²) in [7, 11) is 1.61. The minimum Gasteiger partial charge on any atom is -0.497 e. The summed E-state index contributed by atoms with van der Waals surface area (Å²) in [6.07, 6.45) is 5.40. The van der Waals surface area contributed by atoms with Crippen molar-refractivity contribution in [2.45, 2.75) is 18.9 Å². The molecular formula is C18H21N3O3. The lowest BCUT2D eigenvalue weighted by Crippen LogP contribution is -2.31. The highest BCUT2D eigenvalue weighted by Gasteiger charge is 2.34. The van der Waals surface area contributed by atoms with E-state index in [4.69, 9.17) is 4.74 Å². The molecule has 126 valence electrons. The molecule has 1 aliphatic heterocycles. The van der Waals surface area contributed by atoms with Gasteiger partial charge in [-0.1, -0.05) is 12.1 Å². The second-order valence-electron chi connectivity index (χ2n) is 6.05. The molecule has 2 heterocycles. The van der Waals surface area contributed by atoms with Gasteiger partial charge >= 0.3 is 0 Å². The quantitative estimate of drug-likeness (QED) is 0.890. The van der Waals surface area contributed by atoms with E-state index in [1.807, 2.05) is 24.3 Å². The first-order valence-electron chi connectivity index (χ1n) is 7.99. The number of carbonyl (C=O) groups excluding carboxylic acids is 1. The molecule has 6 heteroatoms. The van der Waals surface area contributed by atoms with Crippen LogP contribution in [0.15, 0.2) is 42.9 Å². The minimum absolute atomic E-state index is 0.00140. The molecule has 1 fully saturated rings. The first-order chi connectivity index (χ1) is 11.7. The maximum Gasteiger partial charge on any atom is 0.227 e. The van der Waals surface area contributed by atoms with E-state index in [2.05, 4.69) is 9.97 Å². The highest BCUT2D eigenvalue weighted by Crippen LogP contribution is 2.22. The smallest absolute Gasteiger partial charge is 0.227 e. The van der Waals surface area contributed by atoms with Gasteiger partial charge in [0.05, 0.1) is 25.3 Å². The first-order valence-corrected chi connectivity index (χ1v) is 7.99. The Morgan fingerprint density at radius 3 is 2.75 bits per heavy atom. The average molecular weight is 327 g/mol. The molecule has 24 heavy (non-hydrogen) atoms. The molecule has 3 rings (SSSR count). The molecule has 0 radical (unpaired) electrons. The third-order valence-corrected chi connectivity index (χ3v) is 4.36. The molecule has 0 spiro atoms. The number of rotatable bonds is 5. The number of hydrogen-bond donors (Lipinski definition) is 1. The lowest BCUT2D eigenvalue weighted by atomic mass is 10.0. The number of methoxy groups -OCH3 is 1. The van der Waals surface area contributed by atoms with Crippen molar-refractivity contribution in [3.05, 3.63) is 54.1 Å². The number of benzene rings is 1. The minimum atomic E-state index is -0.521. The van der Waals surface area contributed by atoms with Crippen molar-refractivity contribution in [1.29, 1.82) is 0 Å². The van der Waals surface area contributed by atoms with Gasteiger partial charge in [0.25, 0.3) is 0 Å². The Kier molecular flexibility index (Phi) is 5.05. The number of likely N-dealkylation sites (tertiary alicyclic amines) is 1. The highest BCUT2D eigenvalue weighted by molar-refractivity contribution is 5.79. The molecule has 0 bridgehead atoms. The number of aliphatic hydroxyl groups is 1.